The van der Waals surface area contributed by atoms with Crippen LogP contribution in [-0.2, 0) is 0 Å². The summed E-state index contributed by atoms with van der Waals surface area (Å²) < 4.78 is 0. The van der Waals surface area contributed by atoms with Gasteiger partial charge in [0.15, 0.2) is 0 Å². The highest BCUT2D eigenvalue weighted by Gasteiger charge is 1.96. The van der Waals surface area contributed by atoms with E-state index in [1.807, 2.05) is 26.8 Å². The molecule has 0 saturated heterocycles. The number of benzene rings is 1. The van der Waals surface area contributed by atoms with Gasteiger partial charge in [-0.15, -0.1) is 0 Å². The number of aryl methyl sites for hydroxylation is 2. The Balaban J connectivity index is 0.000000531. The SMILES string of the molecule is CC.Cc1ccc2nc(C)[nH]c2c1.[HH]. The second-order valence-corrected chi connectivity index (χ2v) is 2.84. The third kappa shape index (κ3) is 2.08. The first-order valence-electron chi connectivity index (χ1n) is 4.69. The third-order valence-corrected chi connectivity index (χ3v) is 1.76. The van der Waals surface area contributed by atoms with E-state index in [2.05, 4.69) is 29.0 Å². The lowest BCUT2D eigenvalue weighted by atomic mass is 10.2. The first-order chi connectivity index (χ1) is 6.25. The minimum Gasteiger partial charge on any atom is -0.342 e. The minimum atomic E-state index is 0. The zero-order valence-electron chi connectivity index (χ0n) is 8.68. The number of H-pyrrole nitrogens is 1. The smallest absolute Gasteiger partial charge is 0.104 e. The molecule has 0 aliphatic rings. The van der Waals surface area contributed by atoms with Gasteiger partial charge in [-0.2, -0.15) is 0 Å². The van der Waals surface area contributed by atoms with E-state index < -0.39 is 0 Å². The highest BCUT2D eigenvalue weighted by atomic mass is 14.9. The normalized spacial score (nSPS) is 9.54. The lowest BCUT2D eigenvalue weighted by Gasteiger charge is -1.89. The van der Waals surface area contributed by atoms with Crippen LogP contribution in [0.5, 0.6) is 0 Å². The molecule has 0 aliphatic carbocycles. The van der Waals surface area contributed by atoms with Crippen molar-refractivity contribution in [3.63, 3.8) is 0 Å². The van der Waals surface area contributed by atoms with Gasteiger partial charge in [-0.25, -0.2) is 4.98 Å². The molecule has 13 heavy (non-hydrogen) atoms. The summed E-state index contributed by atoms with van der Waals surface area (Å²) in [6.45, 7) is 8.05. The molecule has 1 aromatic carbocycles. The van der Waals surface area contributed by atoms with Gasteiger partial charge in [0.2, 0.25) is 0 Å². The molecule has 0 unspecified atom stereocenters. The number of nitrogens with zero attached hydrogens (tertiary/aromatic N) is 1. The first kappa shape index (κ1) is 9.78. The maximum atomic E-state index is 4.30. The summed E-state index contributed by atoms with van der Waals surface area (Å²) >= 11 is 0. The molecule has 1 aromatic heterocycles. The molecule has 0 atom stereocenters. The third-order valence-electron chi connectivity index (χ3n) is 1.76. The van der Waals surface area contributed by atoms with Crippen LogP contribution in [0, 0.1) is 13.8 Å². The number of nitrogens with one attached hydrogen (secondary N) is 1. The average molecular weight is 178 g/mol. The fraction of sp³-hybridized carbons (Fsp3) is 0.364. The van der Waals surface area contributed by atoms with Crippen molar-refractivity contribution in [3.05, 3.63) is 29.6 Å². The van der Waals surface area contributed by atoms with Crippen molar-refractivity contribution in [2.24, 2.45) is 0 Å². The molecule has 1 N–H and O–H groups in total. The Morgan fingerprint density at radius 3 is 2.62 bits per heavy atom. The van der Waals surface area contributed by atoms with E-state index in [1.54, 1.807) is 0 Å². The van der Waals surface area contributed by atoms with E-state index in [0.717, 1.165) is 16.9 Å². The summed E-state index contributed by atoms with van der Waals surface area (Å²) in [6.07, 6.45) is 0. The number of rotatable bonds is 0. The van der Waals surface area contributed by atoms with Crippen molar-refractivity contribution in [2.45, 2.75) is 27.7 Å². The molecule has 0 radical (unpaired) electrons. The quantitative estimate of drug-likeness (QED) is 0.657. The number of imidazole rings is 1. The number of aromatic nitrogens is 2. The number of hydrogen-bond acceptors (Lipinski definition) is 1. The molecule has 0 spiro atoms. The molecule has 0 aliphatic heterocycles. The van der Waals surface area contributed by atoms with E-state index >= 15 is 0 Å². The van der Waals surface area contributed by atoms with E-state index in [9.17, 15) is 0 Å². The molecule has 2 nitrogen and oxygen atoms in total. The molecule has 2 aromatic rings. The Bertz CT molecular complexity index is 393. The Kier molecular flexibility index (Phi) is 3.07. The van der Waals surface area contributed by atoms with Crippen LogP contribution in [0.2, 0.25) is 0 Å². The Morgan fingerprint density at radius 2 is 1.92 bits per heavy atom. The fourth-order valence-electron chi connectivity index (χ4n) is 1.25. The van der Waals surface area contributed by atoms with Crippen LogP contribution < -0.4 is 0 Å². The van der Waals surface area contributed by atoms with Crippen molar-refractivity contribution in [2.75, 3.05) is 0 Å². The van der Waals surface area contributed by atoms with E-state index in [-0.39, 0.29) is 1.43 Å². The zero-order chi connectivity index (χ0) is 9.84. The van der Waals surface area contributed by atoms with Crippen LogP contribution in [-0.4, -0.2) is 9.97 Å². The second kappa shape index (κ2) is 4.08. The molecular formula is C11H18N2. The van der Waals surface area contributed by atoms with Gasteiger partial charge < -0.3 is 4.98 Å². The molecule has 0 amide bonds. The van der Waals surface area contributed by atoms with Crippen LogP contribution in [0.3, 0.4) is 0 Å². The Labute approximate surface area is 80.5 Å². The summed E-state index contributed by atoms with van der Waals surface area (Å²) in [5, 5.41) is 0. The Morgan fingerprint density at radius 1 is 1.23 bits per heavy atom. The van der Waals surface area contributed by atoms with E-state index in [1.165, 1.54) is 5.56 Å². The molecule has 72 valence electrons. The summed E-state index contributed by atoms with van der Waals surface area (Å²) in [4.78, 5) is 7.49. The van der Waals surface area contributed by atoms with Crippen molar-refractivity contribution in [1.82, 2.24) is 9.97 Å². The topological polar surface area (TPSA) is 28.7 Å². The van der Waals surface area contributed by atoms with Crippen molar-refractivity contribution in [1.29, 1.82) is 0 Å². The van der Waals surface area contributed by atoms with E-state index in [4.69, 9.17) is 0 Å². The first-order valence-corrected chi connectivity index (χ1v) is 4.69. The molecule has 1 heterocycles. The van der Waals surface area contributed by atoms with Crippen LogP contribution in [0.15, 0.2) is 18.2 Å². The number of hydrogen-bond donors (Lipinski definition) is 1. The standard InChI is InChI=1S/C9H10N2.C2H6.H2/c1-6-3-4-8-9(5-6)11-7(2)10-8;1-2;/h3-5H,1-2H3,(H,10,11);1-2H3;1H. The summed E-state index contributed by atoms with van der Waals surface area (Å²) in [6, 6.07) is 6.21. The predicted octanol–water partition coefficient (Wildman–Crippen LogP) is 3.45. The molecule has 2 rings (SSSR count). The summed E-state index contributed by atoms with van der Waals surface area (Å²) in [5.74, 6) is 0.977. The zero-order valence-corrected chi connectivity index (χ0v) is 8.68. The molecule has 0 saturated carbocycles. The van der Waals surface area contributed by atoms with E-state index in [0.29, 0.717) is 0 Å². The van der Waals surface area contributed by atoms with Gasteiger partial charge in [0.25, 0.3) is 0 Å². The van der Waals surface area contributed by atoms with Crippen molar-refractivity contribution < 1.29 is 1.43 Å². The predicted molar refractivity (Wildman–Crippen MR) is 59.0 cm³/mol. The van der Waals surface area contributed by atoms with Gasteiger partial charge >= 0.3 is 0 Å². The largest absolute Gasteiger partial charge is 0.342 e. The number of fused-ring (bicyclic) bond motifs is 1. The lowest BCUT2D eigenvalue weighted by Crippen LogP contribution is -1.71. The van der Waals surface area contributed by atoms with Gasteiger partial charge in [0, 0.05) is 1.43 Å². The Hall–Kier alpha value is -1.31. The van der Waals surface area contributed by atoms with Gasteiger partial charge in [0.1, 0.15) is 5.82 Å². The molecule has 0 bridgehead atoms. The average Bonchev–Trinajstić information content (AvgIpc) is 2.48. The monoisotopic (exact) mass is 178 g/mol. The molecule has 0 fully saturated rings. The second-order valence-electron chi connectivity index (χ2n) is 2.84. The van der Waals surface area contributed by atoms with Crippen LogP contribution in [0.25, 0.3) is 11.0 Å². The van der Waals surface area contributed by atoms with Gasteiger partial charge in [-0.3, -0.25) is 0 Å². The van der Waals surface area contributed by atoms with Crippen LogP contribution >= 0.6 is 0 Å². The van der Waals surface area contributed by atoms with Gasteiger partial charge in [-0.05, 0) is 31.5 Å². The summed E-state index contributed by atoms with van der Waals surface area (Å²) in [5.41, 5.74) is 3.44. The van der Waals surface area contributed by atoms with Crippen molar-refractivity contribution in [3.8, 4) is 0 Å². The number of aromatic amines is 1. The maximum absolute atomic E-state index is 4.30. The van der Waals surface area contributed by atoms with Gasteiger partial charge in [0.05, 0.1) is 11.0 Å². The molecular weight excluding hydrogens is 160 g/mol. The van der Waals surface area contributed by atoms with Crippen LogP contribution in [0.4, 0.5) is 0 Å². The fourth-order valence-corrected chi connectivity index (χ4v) is 1.25. The summed E-state index contributed by atoms with van der Waals surface area (Å²) in [7, 11) is 0. The highest BCUT2D eigenvalue weighted by molar-refractivity contribution is 5.75. The molecule has 2 heteroatoms. The van der Waals surface area contributed by atoms with Crippen molar-refractivity contribution >= 4 is 11.0 Å². The highest BCUT2D eigenvalue weighted by Crippen LogP contribution is 2.12. The van der Waals surface area contributed by atoms with Gasteiger partial charge in [-0.1, -0.05) is 19.9 Å². The minimum absolute atomic E-state index is 0. The maximum Gasteiger partial charge on any atom is 0.104 e. The van der Waals surface area contributed by atoms with Crippen LogP contribution in [0.1, 0.15) is 26.7 Å². The lowest BCUT2D eigenvalue weighted by molar-refractivity contribution is 1.17.